The number of aromatic nitrogens is 5. The lowest BCUT2D eigenvalue weighted by atomic mass is 10.0. The second kappa shape index (κ2) is 7.57. The summed E-state index contributed by atoms with van der Waals surface area (Å²) in [6, 6.07) is 14.7. The van der Waals surface area contributed by atoms with Crippen molar-refractivity contribution in [3.8, 4) is 33.8 Å². The Kier molecular flexibility index (Phi) is 4.54. The highest BCUT2D eigenvalue weighted by Gasteiger charge is 2.17. The fourth-order valence-corrected chi connectivity index (χ4v) is 4.56. The maximum Gasteiger partial charge on any atom is 0.132 e. The van der Waals surface area contributed by atoms with Crippen molar-refractivity contribution in [3.63, 3.8) is 0 Å². The van der Waals surface area contributed by atoms with Crippen LogP contribution in [0.5, 0.6) is 0 Å². The predicted molar refractivity (Wildman–Crippen MR) is 124 cm³/mol. The number of nitrogens with one attached hydrogen (secondary N) is 1. The third kappa shape index (κ3) is 3.28. The summed E-state index contributed by atoms with van der Waals surface area (Å²) in [7, 11) is 0. The zero-order valence-electron chi connectivity index (χ0n) is 17.1. The Morgan fingerprint density at radius 3 is 2.78 bits per heavy atom. The first kappa shape index (κ1) is 19.2. The van der Waals surface area contributed by atoms with Crippen molar-refractivity contribution in [2.24, 2.45) is 0 Å². The summed E-state index contributed by atoms with van der Waals surface area (Å²) < 4.78 is 16.6. The van der Waals surface area contributed by atoms with Crippen LogP contribution in [0.3, 0.4) is 0 Å². The molecule has 0 saturated heterocycles. The number of halogens is 2. The molecule has 0 aliphatic carbocycles. The van der Waals surface area contributed by atoms with Crippen molar-refractivity contribution in [2.75, 3.05) is 0 Å². The number of benzene rings is 2. The van der Waals surface area contributed by atoms with Crippen molar-refractivity contribution >= 4 is 22.5 Å². The summed E-state index contributed by atoms with van der Waals surface area (Å²) in [5.74, 6) is -0.353. The molecule has 0 spiro atoms. The third-order valence-corrected chi connectivity index (χ3v) is 6.24. The standard InChI is InChI=1S/C25H19ClFN5/c26-18-5-6-21(27)20(11-18)25-24(29-14-30-25)15-4-7-22-16(9-15)10-17(13-28-22)23-12-19-3-1-2-8-32(19)31-23/h4-7,9-14H,1-3,8H2,(H,29,30). The zero-order valence-corrected chi connectivity index (χ0v) is 17.9. The van der Waals surface area contributed by atoms with Gasteiger partial charge in [0, 0.05) is 45.5 Å². The molecule has 0 fully saturated rings. The maximum atomic E-state index is 14.5. The van der Waals surface area contributed by atoms with Crippen LogP contribution in [0, 0.1) is 5.82 Å². The van der Waals surface area contributed by atoms with Crippen LogP contribution < -0.4 is 0 Å². The molecule has 158 valence electrons. The molecule has 1 aliphatic rings. The molecule has 4 heterocycles. The SMILES string of the molecule is Fc1ccc(Cl)cc1-c1[nH]cnc1-c1ccc2ncc(-c3cc4n(n3)CCCC4)cc2c1. The monoisotopic (exact) mass is 443 g/mol. The van der Waals surface area contributed by atoms with E-state index < -0.39 is 0 Å². The van der Waals surface area contributed by atoms with E-state index in [1.807, 2.05) is 24.4 Å². The van der Waals surface area contributed by atoms with Gasteiger partial charge in [0.05, 0.1) is 28.9 Å². The molecular weight excluding hydrogens is 425 g/mol. The highest BCUT2D eigenvalue weighted by molar-refractivity contribution is 6.30. The fraction of sp³-hybridized carbons (Fsp3) is 0.160. The number of hydrogen-bond acceptors (Lipinski definition) is 3. The lowest BCUT2D eigenvalue weighted by Crippen LogP contribution is -2.10. The lowest BCUT2D eigenvalue weighted by Gasteiger charge is -2.11. The Hall–Kier alpha value is -3.51. The van der Waals surface area contributed by atoms with Crippen molar-refractivity contribution in [2.45, 2.75) is 25.8 Å². The number of aryl methyl sites for hydroxylation is 2. The first-order valence-electron chi connectivity index (χ1n) is 10.6. The van der Waals surface area contributed by atoms with Gasteiger partial charge < -0.3 is 4.98 Å². The molecular formula is C25H19ClFN5. The minimum atomic E-state index is -0.353. The first-order chi connectivity index (χ1) is 15.7. The quantitative estimate of drug-likeness (QED) is 0.356. The lowest BCUT2D eigenvalue weighted by molar-refractivity contribution is 0.487. The van der Waals surface area contributed by atoms with Gasteiger partial charge in [-0.1, -0.05) is 17.7 Å². The van der Waals surface area contributed by atoms with Crippen LogP contribution in [0.15, 0.2) is 61.1 Å². The van der Waals surface area contributed by atoms with Gasteiger partial charge >= 0.3 is 0 Å². The summed E-state index contributed by atoms with van der Waals surface area (Å²) in [5.41, 5.74) is 6.61. The fourth-order valence-electron chi connectivity index (χ4n) is 4.39. The summed E-state index contributed by atoms with van der Waals surface area (Å²) in [6.07, 6.45) is 6.90. The molecule has 6 rings (SSSR count). The third-order valence-electron chi connectivity index (χ3n) is 6.00. The van der Waals surface area contributed by atoms with E-state index in [1.54, 1.807) is 12.4 Å². The van der Waals surface area contributed by atoms with Gasteiger partial charge in [0.15, 0.2) is 0 Å². The van der Waals surface area contributed by atoms with E-state index in [1.165, 1.54) is 30.7 Å². The Bertz CT molecular complexity index is 1450. The van der Waals surface area contributed by atoms with E-state index in [2.05, 4.69) is 31.8 Å². The number of imidazole rings is 1. The summed E-state index contributed by atoms with van der Waals surface area (Å²) in [6.45, 7) is 0.975. The van der Waals surface area contributed by atoms with Gasteiger partial charge in [-0.15, -0.1) is 0 Å². The normalized spacial score (nSPS) is 13.4. The largest absolute Gasteiger partial charge is 0.344 e. The van der Waals surface area contributed by atoms with Crippen LogP contribution in [-0.4, -0.2) is 24.7 Å². The Morgan fingerprint density at radius 1 is 0.969 bits per heavy atom. The van der Waals surface area contributed by atoms with Gasteiger partial charge in [-0.2, -0.15) is 5.10 Å². The van der Waals surface area contributed by atoms with Gasteiger partial charge in [0.1, 0.15) is 5.82 Å². The molecule has 0 unspecified atom stereocenters. The van der Waals surface area contributed by atoms with Gasteiger partial charge in [0.2, 0.25) is 0 Å². The van der Waals surface area contributed by atoms with Crippen LogP contribution in [0.1, 0.15) is 18.5 Å². The second-order valence-electron chi connectivity index (χ2n) is 8.08. The van der Waals surface area contributed by atoms with Crippen molar-refractivity contribution in [1.29, 1.82) is 0 Å². The van der Waals surface area contributed by atoms with E-state index in [0.29, 0.717) is 22.0 Å². The average molecular weight is 444 g/mol. The number of aromatic amines is 1. The molecule has 0 bridgehead atoms. The van der Waals surface area contributed by atoms with Crippen LogP contribution in [0.4, 0.5) is 4.39 Å². The molecule has 0 amide bonds. The zero-order chi connectivity index (χ0) is 21.7. The minimum Gasteiger partial charge on any atom is -0.344 e. The van der Waals surface area contributed by atoms with Crippen molar-refractivity contribution < 1.29 is 4.39 Å². The van der Waals surface area contributed by atoms with Crippen molar-refractivity contribution in [1.82, 2.24) is 24.7 Å². The molecule has 7 heteroatoms. The Morgan fingerprint density at radius 2 is 1.88 bits per heavy atom. The molecule has 3 aromatic heterocycles. The maximum absolute atomic E-state index is 14.5. The van der Waals surface area contributed by atoms with Crippen LogP contribution in [0.2, 0.25) is 5.02 Å². The molecule has 0 atom stereocenters. The molecule has 5 nitrogen and oxygen atoms in total. The van der Waals surface area contributed by atoms with Crippen LogP contribution >= 0.6 is 11.6 Å². The number of hydrogen-bond donors (Lipinski definition) is 1. The van der Waals surface area contributed by atoms with Gasteiger partial charge in [0.25, 0.3) is 0 Å². The smallest absolute Gasteiger partial charge is 0.132 e. The van der Waals surface area contributed by atoms with Gasteiger partial charge in [-0.25, -0.2) is 9.37 Å². The highest BCUT2D eigenvalue weighted by atomic mass is 35.5. The number of nitrogens with zero attached hydrogens (tertiary/aromatic N) is 4. The highest BCUT2D eigenvalue weighted by Crippen LogP contribution is 2.34. The molecule has 1 N–H and O–H groups in total. The Balaban J connectivity index is 1.43. The molecule has 2 aromatic carbocycles. The second-order valence-corrected chi connectivity index (χ2v) is 8.52. The van der Waals surface area contributed by atoms with E-state index in [-0.39, 0.29) is 5.82 Å². The van der Waals surface area contributed by atoms with Crippen molar-refractivity contribution in [3.05, 3.63) is 77.6 Å². The molecule has 32 heavy (non-hydrogen) atoms. The molecule has 0 radical (unpaired) electrons. The van der Waals surface area contributed by atoms with Crippen LogP contribution in [0.25, 0.3) is 44.7 Å². The predicted octanol–water partition coefficient (Wildman–Crippen LogP) is 6.28. The summed E-state index contributed by atoms with van der Waals surface area (Å²) in [4.78, 5) is 12.2. The first-order valence-corrected chi connectivity index (χ1v) is 11.0. The molecule has 1 aliphatic heterocycles. The van der Waals surface area contributed by atoms with E-state index in [9.17, 15) is 4.39 Å². The minimum absolute atomic E-state index is 0.353. The van der Waals surface area contributed by atoms with E-state index in [4.69, 9.17) is 16.7 Å². The van der Waals surface area contributed by atoms with Gasteiger partial charge in [-0.3, -0.25) is 9.67 Å². The number of fused-ring (bicyclic) bond motifs is 2. The number of H-pyrrole nitrogens is 1. The molecule has 0 saturated carbocycles. The van der Waals surface area contributed by atoms with Gasteiger partial charge in [-0.05, 0) is 61.7 Å². The average Bonchev–Trinajstić information content (AvgIpc) is 3.47. The summed E-state index contributed by atoms with van der Waals surface area (Å²) >= 11 is 6.11. The van der Waals surface area contributed by atoms with E-state index >= 15 is 0 Å². The number of rotatable bonds is 3. The molecule has 5 aromatic rings. The number of pyridine rings is 1. The topological polar surface area (TPSA) is 59.4 Å². The van der Waals surface area contributed by atoms with E-state index in [0.717, 1.165) is 40.7 Å². The summed E-state index contributed by atoms with van der Waals surface area (Å²) in [5, 5.41) is 6.22. The Labute approximate surface area is 188 Å². The van der Waals surface area contributed by atoms with Crippen LogP contribution in [-0.2, 0) is 13.0 Å².